The Morgan fingerprint density at radius 3 is 2.00 bits per heavy atom. The van der Waals surface area contributed by atoms with Gasteiger partial charge in [-0.15, -0.1) is 0 Å². The molecule has 4 N–H and O–H groups in total. The molecule has 0 aromatic heterocycles. The normalized spacial score (nSPS) is 13.9. The zero-order valence-electron chi connectivity index (χ0n) is 11.6. The van der Waals surface area contributed by atoms with Crippen LogP contribution in [-0.2, 0) is 0 Å². The summed E-state index contributed by atoms with van der Waals surface area (Å²) in [4.78, 5) is 0. The van der Waals surface area contributed by atoms with Gasteiger partial charge in [-0.3, -0.25) is 0 Å². The predicted octanol–water partition coefficient (Wildman–Crippen LogP) is 2.40. The summed E-state index contributed by atoms with van der Waals surface area (Å²) >= 11 is 0. The lowest BCUT2D eigenvalue weighted by molar-refractivity contribution is 0.128. The Morgan fingerprint density at radius 1 is 0.900 bits per heavy atom. The van der Waals surface area contributed by atoms with Crippen molar-refractivity contribution in [1.82, 2.24) is 5.32 Å². The van der Waals surface area contributed by atoms with E-state index in [9.17, 15) is 5.11 Å². The maximum atomic E-state index is 10.6. The highest BCUT2D eigenvalue weighted by molar-refractivity contribution is 5.26. The monoisotopic (exact) mass is 270 g/mol. The van der Waals surface area contributed by atoms with Crippen molar-refractivity contribution in [2.45, 2.75) is 18.6 Å². The van der Waals surface area contributed by atoms with E-state index < -0.39 is 6.10 Å². The molecule has 0 amide bonds. The van der Waals surface area contributed by atoms with Crippen molar-refractivity contribution >= 4 is 0 Å². The van der Waals surface area contributed by atoms with Crippen LogP contribution in [0, 0.1) is 0 Å². The third-order valence-electron chi connectivity index (χ3n) is 3.36. The van der Waals surface area contributed by atoms with E-state index in [0.29, 0.717) is 6.54 Å². The van der Waals surface area contributed by atoms with Crippen LogP contribution in [0.1, 0.15) is 29.7 Å². The number of hydrogen-bond acceptors (Lipinski definition) is 3. The first kappa shape index (κ1) is 14.7. The molecule has 106 valence electrons. The van der Waals surface area contributed by atoms with Crippen LogP contribution in [0.2, 0.25) is 0 Å². The Morgan fingerprint density at radius 2 is 1.45 bits per heavy atom. The molecular formula is C17H22N2O. The quantitative estimate of drug-likeness (QED) is 0.677. The van der Waals surface area contributed by atoms with Gasteiger partial charge in [-0.25, -0.2) is 0 Å². The lowest BCUT2D eigenvalue weighted by Gasteiger charge is -2.25. The van der Waals surface area contributed by atoms with Crippen LogP contribution in [-0.4, -0.2) is 18.2 Å². The van der Waals surface area contributed by atoms with E-state index >= 15 is 0 Å². The van der Waals surface area contributed by atoms with Crippen LogP contribution in [0.3, 0.4) is 0 Å². The Balaban J connectivity index is 2.17. The summed E-state index contributed by atoms with van der Waals surface area (Å²) in [6.07, 6.45) is 0.321. The van der Waals surface area contributed by atoms with Gasteiger partial charge in [0, 0.05) is 0 Å². The fourth-order valence-electron chi connectivity index (χ4n) is 2.27. The summed E-state index contributed by atoms with van der Waals surface area (Å²) < 4.78 is 0. The van der Waals surface area contributed by atoms with Gasteiger partial charge in [0.25, 0.3) is 0 Å². The zero-order valence-corrected chi connectivity index (χ0v) is 11.6. The number of rotatable bonds is 7. The molecule has 0 heterocycles. The van der Waals surface area contributed by atoms with Gasteiger partial charge in [0.1, 0.15) is 0 Å². The molecule has 20 heavy (non-hydrogen) atoms. The Kier molecular flexibility index (Phi) is 5.74. The Hall–Kier alpha value is -1.68. The molecule has 0 unspecified atom stereocenters. The van der Waals surface area contributed by atoms with Gasteiger partial charge in [0.2, 0.25) is 0 Å². The Bertz CT molecular complexity index is 487. The highest BCUT2D eigenvalue weighted by Crippen LogP contribution is 2.28. The van der Waals surface area contributed by atoms with Crippen molar-refractivity contribution < 1.29 is 5.11 Å². The molecule has 2 atom stereocenters. The summed E-state index contributed by atoms with van der Waals surface area (Å²) in [7, 11) is 0. The van der Waals surface area contributed by atoms with Crippen molar-refractivity contribution in [2.75, 3.05) is 13.1 Å². The molecule has 0 saturated heterocycles. The average molecular weight is 270 g/mol. The van der Waals surface area contributed by atoms with E-state index in [1.807, 2.05) is 60.7 Å². The van der Waals surface area contributed by atoms with Gasteiger partial charge in [-0.2, -0.15) is 0 Å². The van der Waals surface area contributed by atoms with E-state index in [2.05, 4.69) is 5.32 Å². The largest absolute Gasteiger partial charge is 0.386 e. The molecule has 0 aliphatic heterocycles. The van der Waals surface area contributed by atoms with Crippen molar-refractivity contribution in [2.24, 2.45) is 5.73 Å². The first-order valence-corrected chi connectivity index (χ1v) is 7.04. The molecule has 2 rings (SSSR count). The molecule has 3 nitrogen and oxygen atoms in total. The minimum absolute atomic E-state index is 0.120. The lowest BCUT2D eigenvalue weighted by Crippen LogP contribution is -2.29. The molecular weight excluding hydrogens is 248 g/mol. The minimum Gasteiger partial charge on any atom is -0.386 e. The molecule has 0 bridgehead atoms. The number of hydrogen-bond donors (Lipinski definition) is 3. The van der Waals surface area contributed by atoms with E-state index in [0.717, 1.165) is 24.1 Å². The number of nitrogens with one attached hydrogen (secondary N) is 1. The number of nitrogens with two attached hydrogens (primary N) is 1. The zero-order chi connectivity index (χ0) is 14.2. The van der Waals surface area contributed by atoms with Crippen LogP contribution in [0.5, 0.6) is 0 Å². The van der Waals surface area contributed by atoms with Gasteiger partial charge in [0.15, 0.2) is 0 Å². The fraction of sp³-hybridized carbons (Fsp3) is 0.294. The Labute approximate surface area is 120 Å². The van der Waals surface area contributed by atoms with E-state index in [1.54, 1.807) is 0 Å². The topological polar surface area (TPSA) is 58.3 Å². The van der Waals surface area contributed by atoms with Crippen LogP contribution in [0.15, 0.2) is 60.7 Å². The first-order chi connectivity index (χ1) is 9.83. The third kappa shape index (κ3) is 3.90. The number of aliphatic hydroxyl groups is 1. The average Bonchev–Trinajstić information content (AvgIpc) is 2.53. The van der Waals surface area contributed by atoms with Crippen LogP contribution in [0.25, 0.3) is 0 Å². The smallest absolute Gasteiger partial charge is 0.0984 e. The SMILES string of the molecule is NCCCN[C@@H](c1ccccc1)[C@H](O)c1ccccc1. The molecule has 2 aromatic carbocycles. The summed E-state index contributed by atoms with van der Waals surface area (Å²) in [5.41, 5.74) is 7.54. The van der Waals surface area contributed by atoms with Gasteiger partial charge >= 0.3 is 0 Å². The van der Waals surface area contributed by atoms with Crippen LogP contribution in [0.4, 0.5) is 0 Å². The maximum Gasteiger partial charge on any atom is 0.0984 e. The van der Waals surface area contributed by atoms with Crippen molar-refractivity contribution in [3.63, 3.8) is 0 Å². The van der Waals surface area contributed by atoms with Crippen LogP contribution < -0.4 is 11.1 Å². The number of aliphatic hydroxyl groups excluding tert-OH is 1. The molecule has 0 saturated carbocycles. The lowest BCUT2D eigenvalue weighted by atomic mass is 9.95. The standard InChI is InChI=1S/C17H22N2O/c18-12-7-13-19-16(14-8-3-1-4-9-14)17(20)15-10-5-2-6-11-15/h1-6,8-11,16-17,19-20H,7,12-13,18H2/t16-,17+/m0/s1. The molecule has 0 aliphatic rings. The van der Waals surface area contributed by atoms with Crippen molar-refractivity contribution in [3.8, 4) is 0 Å². The highest BCUT2D eigenvalue weighted by atomic mass is 16.3. The van der Waals surface area contributed by atoms with Gasteiger partial charge in [0.05, 0.1) is 12.1 Å². The van der Waals surface area contributed by atoms with E-state index in [4.69, 9.17) is 5.73 Å². The van der Waals surface area contributed by atoms with Gasteiger partial charge in [-0.1, -0.05) is 60.7 Å². The van der Waals surface area contributed by atoms with Gasteiger partial charge in [-0.05, 0) is 30.6 Å². The second-order valence-electron chi connectivity index (χ2n) is 4.84. The molecule has 3 heteroatoms. The van der Waals surface area contributed by atoms with Gasteiger partial charge < -0.3 is 16.2 Å². The molecule has 0 fully saturated rings. The van der Waals surface area contributed by atoms with Crippen LogP contribution >= 0.6 is 0 Å². The fourth-order valence-corrected chi connectivity index (χ4v) is 2.27. The van der Waals surface area contributed by atoms with Crippen molar-refractivity contribution in [1.29, 1.82) is 0 Å². The second kappa shape index (κ2) is 7.80. The predicted molar refractivity (Wildman–Crippen MR) is 82.3 cm³/mol. The third-order valence-corrected chi connectivity index (χ3v) is 3.36. The molecule has 0 aliphatic carbocycles. The van der Waals surface area contributed by atoms with E-state index in [1.165, 1.54) is 0 Å². The maximum absolute atomic E-state index is 10.6. The van der Waals surface area contributed by atoms with Crippen molar-refractivity contribution in [3.05, 3.63) is 71.8 Å². The summed E-state index contributed by atoms with van der Waals surface area (Å²) in [6, 6.07) is 19.7. The highest BCUT2D eigenvalue weighted by Gasteiger charge is 2.21. The molecule has 2 aromatic rings. The minimum atomic E-state index is -0.573. The van der Waals surface area contributed by atoms with E-state index in [-0.39, 0.29) is 6.04 Å². The summed E-state index contributed by atoms with van der Waals surface area (Å²) in [6.45, 7) is 1.44. The summed E-state index contributed by atoms with van der Waals surface area (Å²) in [5, 5.41) is 14.0. The summed E-state index contributed by atoms with van der Waals surface area (Å²) in [5.74, 6) is 0. The second-order valence-corrected chi connectivity index (χ2v) is 4.84. The first-order valence-electron chi connectivity index (χ1n) is 7.04. The number of benzene rings is 2. The molecule has 0 radical (unpaired) electrons. The molecule has 0 spiro atoms.